The Morgan fingerprint density at radius 1 is 1.17 bits per heavy atom. The fourth-order valence-corrected chi connectivity index (χ4v) is 5.22. The average Bonchev–Trinajstić information content (AvgIpc) is 2.74. The number of hydrogen-bond donors (Lipinski definition) is 1. The molecule has 1 amide bonds. The molecule has 0 unspecified atom stereocenters. The molecule has 8 heteroatoms. The Balaban J connectivity index is 1.56. The first-order valence-electron chi connectivity index (χ1n) is 10.1. The molecule has 1 aliphatic heterocycles. The lowest BCUT2D eigenvalue weighted by Gasteiger charge is -2.30. The van der Waals surface area contributed by atoms with Crippen LogP contribution in [0, 0.1) is 12.8 Å². The molecule has 0 atom stereocenters. The minimum atomic E-state index is -3.59. The van der Waals surface area contributed by atoms with Gasteiger partial charge in [0.2, 0.25) is 15.9 Å². The molecule has 2 aromatic rings. The Morgan fingerprint density at radius 2 is 1.83 bits per heavy atom. The van der Waals surface area contributed by atoms with Gasteiger partial charge in [0.15, 0.2) is 0 Å². The molecule has 1 aliphatic rings. The second-order valence-electron chi connectivity index (χ2n) is 7.38. The van der Waals surface area contributed by atoms with E-state index in [1.807, 2.05) is 26.0 Å². The van der Waals surface area contributed by atoms with Gasteiger partial charge in [0.25, 0.3) is 0 Å². The van der Waals surface area contributed by atoms with Crippen molar-refractivity contribution in [2.45, 2.75) is 38.1 Å². The predicted molar refractivity (Wildman–Crippen MR) is 117 cm³/mol. The van der Waals surface area contributed by atoms with Crippen LogP contribution in [0.4, 0.5) is 0 Å². The molecular weight excluding hydrogens is 424 g/mol. The van der Waals surface area contributed by atoms with Crippen molar-refractivity contribution in [3.63, 3.8) is 0 Å². The fourth-order valence-electron chi connectivity index (χ4n) is 3.54. The first kappa shape index (κ1) is 22.6. The van der Waals surface area contributed by atoms with Crippen LogP contribution < -0.4 is 10.1 Å². The number of aryl methyl sites for hydroxylation is 1. The van der Waals surface area contributed by atoms with Crippen molar-refractivity contribution >= 4 is 27.5 Å². The van der Waals surface area contributed by atoms with E-state index < -0.39 is 10.0 Å². The van der Waals surface area contributed by atoms with E-state index >= 15 is 0 Å². The van der Waals surface area contributed by atoms with Gasteiger partial charge in [-0.3, -0.25) is 4.79 Å². The second kappa shape index (κ2) is 9.81. The van der Waals surface area contributed by atoms with Crippen molar-refractivity contribution in [3.05, 3.63) is 58.6 Å². The highest BCUT2D eigenvalue weighted by Crippen LogP contribution is 2.27. The van der Waals surface area contributed by atoms with E-state index in [0.29, 0.717) is 49.9 Å². The highest BCUT2D eigenvalue weighted by Gasteiger charge is 2.32. The third kappa shape index (κ3) is 5.33. The fraction of sp³-hybridized carbons (Fsp3) is 0.409. The van der Waals surface area contributed by atoms with E-state index in [1.54, 1.807) is 30.3 Å². The van der Waals surface area contributed by atoms with Crippen molar-refractivity contribution in [2.75, 3.05) is 19.7 Å². The Kier molecular flexibility index (Phi) is 7.39. The van der Waals surface area contributed by atoms with Gasteiger partial charge in [-0.2, -0.15) is 4.31 Å². The van der Waals surface area contributed by atoms with Gasteiger partial charge >= 0.3 is 0 Å². The third-order valence-electron chi connectivity index (χ3n) is 5.29. The Bertz CT molecular complexity index is 985. The molecular formula is C22H27ClN2O4S. The van der Waals surface area contributed by atoms with Crippen LogP contribution in [-0.2, 0) is 21.4 Å². The molecule has 0 aromatic heterocycles. The number of rotatable bonds is 7. The number of carbonyl (C=O) groups excluding carboxylic acids is 1. The number of ether oxygens (including phenoxy) is 1. The van der Waals surface area contributed by atoms with Gasteiger partial charge in [-0.25, -0.2) is 8.42 Å². The topological polar surface area (TPSA) is 75.7 Å². The van der Waals surface area contributed by atoms with Gasteiger partial charge in [-0.1, -0.05) is 23.7 Å². The summed E-state index contributed by atoms with van der Waals surface area (Å²) in [6, 6.07) is 12.2. The van der Waals surface area contributed by atoms with Gasteiger partial charge in [0.05, 0.1) is 11.5 Å². The maximum Gasteiger partial charge on any atom is 0.243 e. The van der Waals surface area contributed by atoms with E-state index in [4.69, 9.17) is 16.3 Å². The minimum absolute atomic E-state index is 0.0427. The summed E-state index contributed by atoms with van der Waals surface area (Å²) in [6.45, 7) is 5.34. The SMILES string of the molecule is CCOc1ccc(S(=O)(=O)N2CCC(C(=O)NCc3ccc(Cl)cc3)CC2)cc1C. The zero-order valence-electron chi connectivity index (χ0n) is 17.2. The van der Waals surface area contributed by atoms with E-state index in [-0.39, 0.29) is 16.7 Å². The van der Waals surface area contributed by atoms with Crippen LogP contribution in [0.15, 0.2) is 47.4 Å². The van der Waals surface area contributed by atoms with Crippen molar-refractivity contribution in [3.8, 4) is 5.75 Å². The molecule has 0 saturated carbocycles. The lowest BCUT2D eigenvalue weighted by Crippen LogP contribution is -2.42. The number of piperidine rings is 1. The van der Waals surface area contributed by atoms with Crippen LogP contribution in [0.2, 0.25) is 5.02 Å². The molecule has 30 heavy (non-hydrogen) atoms. The lowest BCUT2D eigenvalue weighted by atomic mass is 9.97. The molecule has 0 bridgehead atoms. The van der Waals surface area contributed by atoms with Crippen LogP contribution >= 0.6 is 11.6 Å². The van der Waals surface area contributed by atoms with Crippen molar-refractivity contribution in [1.82, 2.24) is 9.62 Å². The van der Waals surface area contributed by atoms with E-state index in [9.17, 15) is 13.2 Å². The summed E-state index contributed by atoms with van der Waals surface area (Å²) < 4.78 is 32.9. The zero-order chi connectivity index (χ0) is 21.7. The number of carbonyl (C=O) groups is 1. The zero-order valence-corrected chi connectivity index (χ0v) is 18.8. The highest BCUT2D eigenvalue weighted by atomic mass is 35.5. The molecule has 6 nitrogen and oxygen atoms in total. The van der Waals surface area contributed by atoms with E-state index in [0.717, 1.165) is 11.1 Å². The average molecular weight is 451 g/mol. The second-order valence-corrected chi connectivity index (χ2v) is 9.76. The molecule has 0 radical (unpaired) electrons. The van der Waals surface area contributed by atoms with Crippen LogP contribution in [-0.4, -0.2) is 38.3 Å². The summed E-state index contributed by atoms with van der Waals surface area (Å²) >= 11 is 5.87. The minimum Gasteiger partial charge on any atom is -0.494 e. The normalized spacial score (nSPS) is 15.7. The highest BCUT2D eigenvalue weighted by molar-refractivity contribution is 7.89. The molecule has 2 aromatic carbocycles. The van der Waals surface area contributed by atoms with Crippen LogP contribution in [0.1, 0.15) is 30.9 Å². The van der Waals surface area contributed by atoms with Crippen molar-refractivity contribution in [2.24, 2.45) is 5.92 Å². The molecule has 1 heterocycles. The Labute approximate surface area is 183 Å². The number of hydrogen-bond acceptors (Lipinski definition) is 4. The van der Waals surface area contributed by atoms with Gasteiger partial charge in [0, 0.05) is 30.6 Å². The molecule has 3 rings (SSSR count). The predicted octanol–water partition coefficient (Wildman–Crippen LogP) is 3.76. The molecule has 162 valence electrons. The number of amides is 1. The van der Waals surface area contributed by atoms with Gasteiger partial charge in [-0.15, -0.1) is 0 Å². The summed E-state index contributed by atoms with van der Waals surface area (Å²) in [5, 5.41) is 3.59. The maximum absolute atomic E-state index is 13.0. The Morgan fingerprint density at radius 3 is 2.43 bits per heavy atom. The van der Waals surface area contributed by atoms with Gasteiger partial charge in [0.1, 0.15) is 5.75 Å². The van der Waals surface area contributed by atoms with Gasteiger partial charge < -0.3 is 10.1 Å². The quantitative estimate of drug-likeness (QED) is 0.696. The summed E-state index contributed by atoms with van der Waals surface area (Å²) in [6.07, 6.45) is 1.00. The Hall–Kier alpha value is -2.09. The molecule has 0 spiro atoms. The number of nitrogens with one attached hydrogen (secondary N) is 1. The molecule has 1 N–H and O–H groups in total. The molecule has 1 fully saturated rings. The van der Waals surface area contributed by atoms with E-state index in [2.05, 4.69) is 5.32 Å². The van der Waals surface area contributed by atoms with Crippen LogP contribution in [0.5, 0.6) is 5.75 Å². The largest absolute Gasteiger partial charge is 0.494 e. The molecule has 1 saturated heterocycles. The van der Waals surface area contributed by atoms with Crippen LogP contribution in [0.3, 0.4) is 0 Å². The summed E-state index contributed by atoms with van der Waals surface area (Å²) in [4.78, 5) is 12.7. The molecule has 0 aliphatic carbocycles. The smallest absolute Gasteiger partial charge is 0.243 e. The maximum atomic E-state index is 13.0. The number of sulfonamides is 1. The summed E-state index contributed by atoms with van der Waals surface area (Å²) in [5.74, 6) is 0.456. The first-order valence-corrected chi connectivity index (χ1v) is 11.9. The lowest BCUT2D eigenvalue weighted by molar-refractivity contribution is -0.126. The monoisotopic (exact) mass is 450 g/mol. The summed E-state index contributed by atoms with van der Waals surface area (Å²) in [7, 11) is -3.59. The first-order chi connectivity index (χ1) is 14.3. The number of benzene rings is 2. The standard InChI is InChI=1S/C22H27ClN2O4S/c1-3-29-21-9-8-20(14-16(21)2)30(27,28)25-12-10-18(11-13-25)22(26)24-15-17-4-6-19(23)7-5-17/h4-9,14,18H,3,10-13,15H2,1-2H3,(H,24,26). The van der Waals surface area contributed by atoms with Crippen LogP contribution in [0.25, 0.3) is 0 Å². The third-order valence-corrected chi connectivity index (χ3v) is 7.44. The van der Waals surface area contributed by atoms with Crippen molar-refractivity contribution < 1.29 is 17.9 Å². The van der Waals surface area contributed by atoms with Crippen molar-refractivity contribution in [1.29, 1.82) is 0 Å². The number of halogens is 1. The summed E-state index contributed by atoms with van der Waals surface area (Å²) in [5.41, 5.74) is 1.76. The number of nitrogens with zero attached hydrogens (tertiary/aromatic N) is 1. The van der Waals surface area contributed by atoms with E-state index in [1.165, 1.54) is 4.31 Å². The van der Waals surface area contributed by atoms with Gasteiger partial charge in [-0.05, 0) is 68.1 Å².